The molecule has 0 radical (unpaired) electrons. The number of carbonyl (C=O) groups is 1. The summed E-state index contributed by atoms with van der Waals surface area (Å²) in [5.41, 5.74) is -0.245. The third-order valence-corrected chi connectivity index (χ3v) is 6.81. The van der Waals surface area contributed by atoms with Crippen molar-refractivity contribution in [2.75, 3.05) is 26.0 Å². The van der Waals surface area contributed by atoms with E-state index >= 15 is 0 Å². The Morgan fingerprint density at radius 3 is 2.39 bits per heavy atom. The molecule has 1 atom stereocenters. The van der Waals surface area contributed by atoms with Crippen LogP contribution in [0.1, 0.15) is 51.9 Å². The summed E-state index contributed by atoms with van der Waals surface area (Å²) in [6, 6.07) is 0.256. The smallest absolute Gasteiger partial charge is 0.222 e. The minimum Gasteiger partial charge on any atom is -0.375 e. The summed E-state index contributed by atoms with van der Waals surface area (Å²) in [4.78, 5) is 13.7. The molecule has 1 saturated carbocycles. The third-order valence-electron chi connectivity index (χ3n) is 5.45. The number of sulfonamides is 1. The fourth-order valence-electron chi connectivity index (χ4n) is 4.12. The van der Waals surface area contributed by atoms with Crippen LogP contribution >= 0.6 is 0 Å². The predicted molar refractivity (Wildman–Crippen MR) is 87.5 cm³/mol. The molecule has 0 aromatic carbocycles. The van der Waals surface area contributed by atoms with Gasteiger partial charge in [-0.2, -0.15) is 4.31 Å². The van der Waals surface area contributed by atoms with Crippen molar-refractivity contribution in [2.45, 2.75) is 69.6 Å². The average Bonchev–Trinajstić information content (AvgIpc) is 3.31. The van der Waals surface area contributed by atoms with Crippen LogP contribution in [0, 0.1) is 0 Å². The van der Waals surface area contributed by atoms with Gasteiger partial charge in [-0.3, -0.25) is 4.79 Å². The summed E-state index contributed by atoms with van der Waals surface area (Å²) in [6.45, 7) is 3.95. The molecule has 3 fully saturated rings. The first-order chi connectivity index (χ1) is 10.8. The normalized spacial score (nSPS) is 28.3. The molecular formula is C16H28N2O4S. The molecule has 1 amide bonds. The van der Waals surface area contributed by atoms with Crippen LogP contribution < -0.4 is 0 Å². The van der Waals surface area contributed by atoms with E-state index in [1.807, 2.05) is 11.8 Å². The predicted octanol–water partition coefficient (Wildman–Crippen LogP) is 1.36. The van der Waals surface area contributed by atoms with Crippen LogP contribution in [-0.4, -0.2) is 67.2 Å². The van der Waals surface area contributed by atoms with Gasteiger partial charge in [-0.25, -0.2) is 8.42 Å². The van der Waals surface area contributed by atoms with E-state index in [2.05, 4.69) is 0 Å². The summed E-state index contributed by atoms with van der Waals surface area (Å²) in [5.74, 6) is 0.197. The topological polar surface area (TPSA) is 66.9 Å². The van der Waals surface area contributed by atoms with Crippen molar-refractivity contribution in [3.05, 3.63) is 0 Å². The van der Waals surface area contributed by atoms with Crippen molar-refractivity contribution in [3.63, 3.8) is 0 Å². The molecule has 2 saturated heterocycles. The SMILES string of the molecule is CCC(=O)N1CCC2(CC1)CC(N(C1CC1)S(C)(=O)=O)CCO2. The van der Waals surface area contributed by atoms with Gasteiger partial charge < -0.3 is 9.64 Å². The van der Waals surface area contributed by atoms with Gasteiger partial charge in [0.2, 0.25) is 15.9 Å². The molecule has 0 aromatic heterocycles. The van der Waals surface area contributed by atoms with E-state index in [1.54, 1.807) is 4.31 Å². The summed E-state index contributed by atoms with van der Waals surface area (Å²) in [5, 5.41) is 0. The molecule has 132 valence electrons. The molecule has 1 unspecified atom stereocenters. The number of carbonyl (C=O) groups excluding carboxylic acids is 1. The maximum atomic E-state index is 12.2. The second kappa shape index (κ2) is 6.33. The van der Waals surface area contributed by atoms with Crippen LogP contribution in [0.4, 0.5) is 0 Å². The number of rotatable bonds is 4. The van der Waals surface area contributed by atoms with E-state index in [0.717, 1.165) is 51.6 Å². The van der Waals surface area contributed by atoms with Crippen LogP contribution in [0.2, 0.25) is 0 Å². The summed E-state index contributed by atoms with van der Waals surface area (Å²) in [7, 11) is -3.17. The highest BCUT2D eigenvalue weighted by molar-refractivity contribution is 7.88. The third kappa shape index (κ3) is 3.72. The van der Waals surface area contributed by atoms with Crippen molar-refractivity contribution >= 4 is 15.9 Å². The second-order valence-corrected chi connectivity index (χ2v) is 9.12. The Labute approximate surface area is 139 Å². The zero-order valence-electron chi connectivity index (χ0n) is 14.2. The maximum absolute atomic E-state index is 12.2. The van der Waals surface area contributed by atoms with Crippen LogP contribution in [0.5, 0.6) is 0 Å². The number of amides is 1. The van der Waals surface area contributed by atoms with E-state index in [1.165, 1.54) is 6.26 Å². The Morgan fingerprint density at radius 2 is 1.87 bits per heavy atom. The quantitative estimate of drug-likeness (QED) is 0.772. The lowest BCUT2D eigenvalue weighted by Gasteiger charge is -2.48. The lowest BCUT2D eigenvalue weighted by atomic mass is 9.82. The van der Waals surface area contributed by atoms with Crippen molar-refractivity contribution in [1.29, 1.82) is 0 Å². The van der Waals surface area contributed by atoms with E-state index in [0.29, 0.717) is 13.0 Å². The van der Waals surface area contributed by atoms with Gasteiger partial charge in [0, 0.05) is 38.2 Å². The molecule has 1 spiro atoms. The first-order valence-electron chi connectivity index (χ1n) is 8.75. The van der Waals surface area contributed by atoms with Gasteiger partial charge in [0.15, 0.2) is 0 Å². The Bertz CT molecular complexity index is 550. The molecular weight excluding hydrogens is 316 g/mol. The van der Waals surface area contributed by atoms with Gasteiger partial charge in [-0.15, -0.1) is 0 Å². The van der Waals surface area contributed by atoms with Crippen molar-refractivity contribution < 1.29 is 17.9 Å². The van der Waals surface area contributed by atoms with Crippen molar-refractivity contribution in [2.24, 2.45) is 0 Å². The Balaban J connectivity index is 1.68. The highest BCUT2D eigenvalue weighted by atomic mass is 32.2. The van der Waals surface area contributed by atoms with Gasteiger partial charge in [-0.1, -0.05) is 6.92 Å². The van der Waals surface area contributed by atoms with E-state index in [-0.39, 0.29) is 23.6 Å². The highest BCUT2D eigenvalue weighted by Gasteiger charge is 2.47. The lowest BCUT2D eigenvalue weighted by molar-refractivity contribution is -0.146. The first-order valence-corrected chi connectivity index (χ1v) is 10.6. The molecule has 1 aliphatic carbocycles. The van der Waals surface area contributed by atoms with E-state index in [4.69, 9.17) is 4.74 Å². The number of hydrogen-bond acceptors (Lipinski definition) is 4. The van der Waals surface area contributed by atoms with Gasteiger partial charge in [0.25, 0.3) is 0 Å². The molecule has 0 bridgehead atoms. The first kappa shape index (κ1) is 17.2. The molecule has 23 heavy (non-hydrogen) atoms. The molecule has 7 heteroatoms. The molecule has 0 N–H and O–H groups in total. The summed E-state index contributed by atoms with van der Waals surface area (Å²) < 4.78 is 32.2. The number of likely N-dealkylation sites (tertiary alicyclic amines) is 1. The molecule has 0 aromatic rings. The standard InChI is InChI=1S/C16H28N2O4S/c1-3-15(19)17-9-7-16(8-10-17)12-14(6-11-22-16)18(13-4-5-13)23(2,20)21/h13-14H,3-12H2,1-2H3. The second-order valence-electron chi connectivity index (χ2n) is 7.24. The summed E-state index contributed by atoms with van der Waals surface area (Å²) >= 11 is 0. The Kier molecular flexibility index (Phi) is 4.73. The monoisotopic (exact) mass is 344 g/mol. The van der Waals surface area contributed by atoms with Crippen molar-refractivity contribution in [3.8, 4) is 0 Å². The van der Waals surface area contributed by atoms with Gasteiger partial charge >= 0.3 is 0 Å². The molecule has 2 aliphatic heterocycles. The number of ether oxygens (including phenoxy) is 1. The maximum Gasteiger partial charge on any atom is 0.222 e. The van der Waals surface area contributed by atoms with E-state index in [9.17, 15) is 13.2 Å². The largest absolute Gasteiger partial charge is 0.375 e. The van der Waals surface area contributed by atoms with Gasteiger partial charge in [-0.05, 0) is 38.5 Å². The van der Waals surface area contributed by atoms with Crippen LogP contribution in [0.25, 0.3) is 0 Å². The van der Waals surface area contributed by atoms with Crippen molar-refractivity contribution in [1.82, 2.24) is 9.21 Å². The Morgan fingerprint density at radius 1 is 1.22 bits per heavy atom. The fraction of sp³-hybridized carbons (Fsp3) is 0.938. The van der Waals surface area contributed by atoms with E-state index < -0.39 is 10.0 Å². The number of hydrogen-bond donors (Lipinski definition) is 0. The lowest BCUT2D eigenvalue weighted by Crippen LogP contribution is -2.55. The molecule has 6 nitrogen and oxygen atoms in total. The fourth-order valence-corrected chi connectivity index (χ4v) is 5.60. The zero-order chi connectivity index (χ0) is 16.7. The average molecular weight is 344 g/mol. The summed E-state index contributed by atoms with van der Waals surface area (Å²) in [6.07, 6.45) is 7.02. The number of nitrogens with zero attached hydrogens (tertiary/aromatic N) is 2. The van der Waals surface area contributed by atoms with Gasteiger partial charge in [0.05, 0.1) is 11.9 Å². The molecule has 3 rings (SSSR count). The van der Waals surface area contributed by atoms with Crippen LogP contribution in [-0.2, 0) is 19.6 Å². The van der Waals surface area contributed by atoms with Crippen LogP contribution in [0.15, 0.2) is 0 Å². The number of piperidine rings is 1. The van der Waals surface area contributed by atoms with Gasteiger partial charge in [0.1, 0.15) is 0 Å². The molecule has 2 heterocycles. The molecule has 3 aliphatic rings. The minimum absolute atomic E-state index is 0.0553. The Hall–Kier alpha value is -0.660. The minimum atomic E-state index is -3.17. The highest BCUT2D eigenvalue weighted by Crippen LogP contribution is 2.41. The van der Waals surface area contributed by atoms with Crippen LogP contribution in [0.3, 0.4) is 0 Å². The zero-order valence-corrected chi connectivity index (χ0v) is 15.0.